The molecule has 0 heterocycles. The van der Waals surface area contributed by atoms with Crippen LogP contribution in [0, 0.1) is 0 Å². The molecule has 0 unspecified atom stereocenters. The summed E-state index contributed by atoms with van der Waals surface area (Å²) >= 11 is 0. The van der Waals surface area contributed by atoms with Crippen molar-refractivity contribution in [3.05, 3.63) is 54.6 Å². The normalized spacial score (nSPS) is 11.6. The zero-order valence-electron chi connectivity index (χ0n) is 11.2. The maximum atomic E-state index is 12.3. The van der Waals surface area contributed by atoms with Crippen molar-refractivity contribution in [1.82, 2.24) is 5.23 Å². The number of sulfone groups is 1. The van der Waals surface area contributed by atoms with Crippen LogP contribution in [0.2, 0.25) is 0 Å². The summed E-state index contributed by atoms with van der Waals surface area (Å²) in [6.45, 7) is 0. The third kappa shape index (κ3) is 3.16. The van der Waals surface area contributed by atoms with Gasteiger partial charge in [-0.25, -0.2) is 8.42 Å². The van der Waals surface area contributed by atoms with Crippen LogP contribution in [0.25, 0.3) is 0 Å². The van der Waals surface area contributed by atoms with Crippen LogP contribution in [0.4, 0.5) is 0 Å². The van der Waals surface area contributed by atoms with E-state index in [9.17, 15) is 8.42 Å². The van der Waals surface area contributed by atoms with Crippen LogP contribution in [0.1, 0.15) is 0 Å². The standard InChI is InChI=1S/C14H15NO4S/c1-15(18-2)19-12-8-10-14(11-9-12)20(16,17)13-6-4-3-5-7-13/h3-11H,1-2H3. The fraction of sp³-hybridized carbons (Fsp3) is 0.143. The molecule has 0 aliphatic heterocycles. The Morgan fingerprint density at radius 3 is 2.00 bits per heavy atom. The molecule has 0 N–H and O–H groups in total. The average molecular weight is 293 g/mol. The highest BCUT2D eigenvalue weighted by atomic mass is 32.2. The Bertz CT molecular complexity index is 653. The van der Waals surface area contributed by atoms with Gasteiger partial charge in [-0.2, -0.15) is 0 Å². The monoisotopic (exact) mass is 293 g/mol. The topological polar surface area (TPSA) is 55.8 Å². The molecule has 5 nitrogen and oxygen atoms in total. The Kier molecular flexibility index (Phi) is 4.39. The second-order valence-electron chi connectivity index (χ2n) is 4.00. The van der Waals surface area contributed by atoms with Crippen LogP contribution in [-0.4, -0.2) is 27.8 Å². The Morgan fingerprint density at radius 2 is 1.45 bits per heavy atom. The molecule has 0 fully saturated rings. The largest absolute Gasteiger partial charge is 0.381 e. The first-order chi connectivity index (χ1) is 9.54. The molecule has 2 rings (SSSR count). The van der Waals surface area contributed by atoms with Crippen LogP contribution >= 0.6 is 0 Å². The van der Waals surface area contributed by atoms with Crippen LogP contribution in [0.3, 0.4) is 0 Å². The Morgan fingerprint density at radius 1 is 0.900 bits per heavy atom. The highest BCUT2D eigenvalue weighted by molar-refractivity contribution is 7.91. The number of hydrogen-bond donors (Lipinski definition) is 0. The quantitative estimate of drug-likeness (QED) is 0.792. The molecule has 0 aliphatic rings. The maximum absolute atomic E-state index is 12.3. The predicted molar refractivity (Wildman–Crippen MR) is 73.7 cm³/mol. The van der Waals surface area contributed by atoms with Gasteiger partial charge in [0.1, 0.15) is 0 Å². The lowest BCUT2D eigenvalue weighted by Crippen LogP contribution is -2.20. The summed E-state index contributed by atoms with van der Waals surface area (Å²) in [5, 5.41) is 1.17. The van der Waals surface area contributed by atoms with Crippen LogP contribution < -0.4 is 4.84 Å². The van der Waals surface area contributed by atoms with E-state index in [2.05, 4.69) is 0 Å². The van der Waals surface area contributed by atoms with E-state index in [4.69, 9.17) is 9.68 Å². The lowest BCUT2D eigenvalue weighted by atomic mass is 10.3. The number of benzene rings is 2. The van der Waals surface area contributed by atoms with E-state index in [1.165, 1.54) is 24.5 Å². The van der Waals surface area contributed by atoms with E-state index in [-0.39, 0.29) is 9.79 Å². The van der Waals surface area contributed by atoms with Gasteiger partial charge in [0.15, 0.2) is 5.75 Å². The van der Waals surface area contributed by atoms with Crippen molar-refractivity contribution in [2.75, 3.05) is 14.2 Å². The number of hydroxylamine groups is 2. The SMILES string of the molecule is CON(C)Oc1ccc(S(=O)(=O)c2ccccc2)cc1. The molecule has 0 radical (unpaired) electrons. The molecule has 20 heavy (non-hydrogen) atoms. The van der Waals surface area contributed by atoms with E-state index in [0.717, 1.165) is 0 Å². The van der Waals surface area contributed by atoms with Gasteiger partial charge < -0.3 is 4.84 Å². The molecule has 0 aliphatic carbocycles. The second kappa shape index (κ2) is 6.04. The maximum Gasteiger partial charge on any atom is 0.206 e. The van der Waals surface area contributed by atoms with E-state index < -0.39 is 9.84 Å². The van der Waals surface area contributed by atoms with Crippen molar-refractivity contribution in [2.24, 2.45) is 0 Å². The molecule has 0 bridgehead atoms. The summed E-state index contributed by atoms with van der Waals surface area (Å²) in [5.41, 5.74) is 0. The second-order valence-corrected chi connectivity index (χ2v) is 5.95. The fourth-order valence-corrected chi connectivity index (χ4v) is 2.88. The van der Waals surface area contributed by atoms with Gasteiger partial charge in [0.05, 0.1) is 23.9 Å². The highest BCUT2D eigenvalue weighted by Gasteiger charge is 2.17. The Labute approximate surface area is 118 Å². The number of rotatable bonds is 5. The predicted octanol–water partition coefficient (Wildman–Crippen LogP) is 2.31. The zero-order valence-corrected chi connectivity index (χ0v) is 12.0. The molecule has 106 valence electrons. The van der Waals surface area contributed by atoms with Crippen molar-refractivity contribution in [2.45, 2.75) is 9.79 Å². The first-order valence-corrected chi connectivity index (χ1v) is 7.38. The molecule has 0 saturated carbocycles. The highest BCUT2D eigenvalue weighted by Crippen LogP contribution is 2.23. The lowest BCUT2D eigenvalue weighted by Gasteiger charge is -2.14. The third-order valence-electron chi connectivity index (χ3n) is 2.68. The van der Waals surface area contributed by atoms with Gasteiger partial charge in [-0.15, -0.1) is 0 Å². The van der Waals surface area contributed by atoms with Crippen LogP contribution in [0.5, 0.6) is 5.75 Å². The van der Waals surface area contributed by atoms with Crippen molar-refractivity contribution in [3.8, 4) is 5.75 Å². The van der Waals surface area contributed by atoms with Gasteiger partial charge in [-0.1, -0.05) is 18.2 Å². The summed E-state index contributed by atoms with van der Waals surface area (Å²) in [6.07, 6.45) is 0. The van der Waals surface area contributed by atoms with Crippen molar-refractivity contribution in [1.29, 1.82) is 0 Å². The van der Waals surface area contributed by atoms with Gasteiger partial charge in [-0.05, 0) is 41.6 Å². The Balaban J connectivity index is 2.26. The summed E-state index contributed by atoms with van der Waals surface area (Å²) in [6, 6.07) is 14.4. The smallest absolute Gasteiger partial charge is 0.206 e. The van der Waals surface area contributed by atoms with Crippen molar-refractivity contribution in [3.63, 3.8) is 0 Å². The van der Waals surface area contributed by atoms with Crippen molar-refractivity contribution < 1.29 is 18.1 Å². The zero-order chi connectivity index (χ0) is 14.6. The molecule has 2 aromatic rings. The average Bonchev–Trinajstić information content (AvgIpc) is 2.48. The molecule has 0 aromatic heterocycles. The van der Waals surface area contributed by atoms with E-state index in [1.54, 1.807) is 49.5 Å². The first-order valence-electron chi connectivity index (χ1n) is 5.90. The van der Waals surface area contributed by atoms with Gasteiger partial charge in [0.25, 0.3) is 0 Å². The third-order valence-corrected chi connectivity index (χ3v) is 4.46. The minimum atomic E-state index is -3.49. The van der Waals surface area contributed by atoms with Crippen LogP contribution in [-0.2, 0) is 14.7 Å². The molecule has 0 atom stereocenters. The molecule has 2 aromatic carbocycles. The van der Waals surface area contributed by atoms with Gasteiger partial charge in [0, 0.05) is 0 Å². The summed E-state index contributed by atoms with van der Waals surface area (Å²) in [4.78, 5) is 10.6. The van der Waals surface area contributed by atoms with Crippen molar-refractivity contribution >= 4 is 9.84 Å². The number of hydrogen-bond acceptors (Lipinski definition) is 5. The van der Waals surface area contributed by atoms with Crippen LogP contribution in [0.15, 0.2) is 64.4 Å². The molecular formula is C14H15NO4S. The van der Waals surface area contributed by atoms with Gasteiger partial charge in [-0.3, -0.25) is 4.84 Å². The van der Waals surface area contributed by atoms with E-state index in [1.807, 2.05) is 0 Å². The molecule has 0 amide bonds. The van der Waals surface area contributed by atoms with Gasteiger partial charge in [0.2, 0.25) is 9.84 Å². The minimum absolute atomic E-state index is 0.219. The molecular weight excluding hydrogens is 278 g/mol. The minimum Gasteiger partial charge on any atom is -0.381 e. The summed E-state index contributed by atoms with van der Waals surface area (Å²) < 4.78 is 24.7. The summed E-state index contributed by atoms with van der Waals surface area (Å²) in [7, 11) is -0.432. The molecule has 6 heteroatoms. The Hall–Kier alpha value is -1.89. The summed E-state index contributed by atoms with van der Waals surface area (Å²) in [5.74, 6) is 0.487. The lowest BCUT2D eigenvalue weighted by molar-refractivity contribution is -0.284. The molecule has 0 saturated heterocycles. The number of nitrogens with zero attached hydrogens (tertiary/aromatic N) is 1. The van der Waals surface area contributed by atoms with E-state index >= 15 is 0 Å². The van der Waals surface area contributed by atoms with E-state index in [0.29, 0.717) is 5.75 Å². The molecule has 0 spiro atoms. The van der Waals surface area contributed by atoms with Gasteiger partial charge >= 0.3 is 0 Å². The fourth-order valence-electron chi connectivity index (χ4n) is 1.60. The first kappa shape index (κ1) is 14.5.